The van der Waals surface area contributed by atoms with Crippen LogP contribution in [0.15, 0.2) is 42.0 Å². The third-order valence-electron chi connectivity index (χ3n) is 4.74. The first-order chi connectivity index (χ1) is 12.2. The molecule has 25 heavy (non-hydrogen) atoms. The summed E-state index contributed by atoms with van der Waals surface area (Å²) < 4.78 is 3.37. The number of carbonyl (C=O) groups is 1. The molecule has 4 rings (SSSR count). The maximum atomic E-state index is 12.8. The topological polar surface area (TPSA) is 88.3 Å². The number of aromatic amines is 1. The number of fused-ring (bicyclic) bond motifs is 1. The van der Waals surface area contributed by atoms with Gasteiger partial charge in [-0.1, -0.05) is 0 Å². The number of carbonyl (C=O) groups excluding carboxylic acids is 1. The molecule has 130 valence electrons. The van der Waals surface area contributed by atoms with Gasteiger partial charge in [-0.05, 0) is 19.3 Å². The van der Waals surface area contributed by atoms with Crippen LogP contribution < -0.4 is 5.56 Å². The van der Waals surface area contributed by atoms with Gasteiger partial charge >= 0.3 is 0 Å². The lowest BCUT2D eigenvalue weighted by Gasteiger charge is -2.35. The Morgan fingerprint density at radius 2 is 2.20 bits per heavy atom. The van der Waals surface area contributed by atoms with Crippen LogP contribution >= 0.6 is 0 Å². The minimum atomic E-state index is -0.127. The summed E-state index contributed by atoms with van der Waals surface area (Å²) in [6, 6.07) is 1.49. The number of rotatable bonds is 4. The molecule has 1 saturated heterocycles. The summed E-state index contributed by atoms with van der Waals surface area (Å²) in [7, 11) is 0. The minimum Gasteiger partial charge on any atom is -0.337 e. The number of imidazole rings is 2. The molecule has 1 N–H and O–H groups in total. The highest BCUT2D eigenvalue weighted by molar-refractivity contribution is 5.76. The molecule has 1 atom stereocenters. The molecule has 0 bridgehead atoms. The van der Waals surface area contributed by atoms with E-state index < -0.39 is 0 Å². The Morgan fingerprint density at radius 3 is 3.04 bits per heavy atom. The van der Waals surface area contributed by atoms with Gasteiger partial charge in [0.25, 0.3) is 5.56 Å². The SMILES string of the molecule is O=C(CCn1ccnc1)N1CCCC[C@@H]1c1cc(=O)n2ccnc2[nH]1. The van der Waals surface area contributed by atoms with E-state index in [0.717, 1.165) is 31.5 Å². The van der Waals surface area contributed by atoms with Gasteiger partial charge in [0.05, 0.1) is 12.4 Å². The lowest BCUT2D eigenvalue weighted by atomic mass is 9.98. The highest BCUT2D eigenvalue weighted by Gasteiger charge is 2.28. The summed E-state index contributed by atoms with van der Waals surface area (Å²) in [6.07, 6.45) is 11.8. The molecule has 8 nitrogen and oxygen atoms in total. The van der Waals surface area contributed by atoms with E-state index >= 15 is 0 Å². The first-order valence-electron chi connectivity index (χ1n) is 8.54. The van der Waals surface area contributed by atoms with E-state index in [1.165, 1.54) is 4.40 Å². The van der Waals surface area contributed by atoms with Crippen LogP contribution in [-0.2, 0) is 11.3 Å². The highest BCUT2D eigenvalue weighted by Crippen LogP contribution is 2.30. The molecule has 1 aliphatic heterocycles. The molecule has 0 aliphatic carbocycles. The standard InChI is InChI=1S/C17H20N6O2/c24-15(4-8-21-9-5-18-12-21)22-7-2-1-3-14(22)13-11-16(25)23-10-6-19-17(23)20-13/h5-6,9-12,14H,1-4,7-8H2,(H,19,20)/t14-/m1/s1. The van der Waals surface area contributed by atoms with Gasteiger partial charge in [0, 0.05) is 56.1 Å². The van der Waals surface area contributed by atoms with Gasteiger partial charge in [-0.3, -0.25) is 14.0 Å². The quantitative estimate of drug-likeness (QED) is 0.777. The Morgan fingerprint density at radius 1 is 1.28 bits per heavy atom. The van der Waals surface area contributed by atoms with Crippen LogP contribution in [0.5, 0.6) is 0 Å². The van der Waals surface area contributed by atoms with Crippen molar-refractivity contribution in [1.29, 1.82) is 0 Å². The molecule has 3 aromatic rings. The average molecular weight is 340 g/mol. The van der Waals surface area contributed by atoms with Crippen molar-refractivity contribution in [1.82, 2.24) is 28.8 Å². The molecule has 0 radical (unpaired) electrons. The molecular weight excluding hydrogens is 320 g/mol. The van der Waals surface area contributed by atoms with Crippen molar-refractivity contribution < 1.29 is 4.79 Å². The van der Waals surface area contributed by atoms with Crippen LogP contribution in [0.4, 0.5) is 0 Å². The van der Waals surface area contributed by atoms with E-state index in [9.17, 15) is 9.59 Å². The van der Waals surface area contributed by atoms with E-state index in [-0.39, 0.29) is 17.5 Å². The maximum absolute atomic E-state index is 12.8. The van der Waals surface area contributed by atoms with Crippen LogP contribution in [0.25, 0.3) is 5.78 Å². The zero-order chi connectivity index (χ0) is 17.2. The normalized spacial score (nSPS) is 17.9. The first kappa shape index (κ1) is 15.6. The van der Waals surface area contributed by atoms with Gasteiger partial charge in [0.2, 0.25) is 11.7 Å². The number of aryl methyl sites for hydroxylation is 1. The fraction of sp³-hybridized carbons (Fsp3) is 0.412. The monoisotopic (exact) mass is 340 g/mol. The van der Waals surface area contributed by atoms with Gasteiger partial charge in [0.15, 0.2) is 0 Å². The number of nitrogens with one attached hydrogen (secondary N) is 1. The van der Waals surface area contributed by atoms with Crippen LogP contribution in [-0.4, -0.2) is 41.3 Å². The van der Waals surface area contributed by atoms with Gasteiger partial charge in [-0.2, -0.15) is 0 Å². The average Bonchev–Trinajstić information content (AvgIpc) is 3.31. The van der Waals surface area contributed by atoms with Crippen molar-refractivity contribution in [3.8, 4) is 0 Å². The predicted molar refractivity (Wildman–Crippen MR) is 91.0 cm³/mol. The fourth-order valence-corrected chi connectivity index (χ4v) is 3.46. The number of amides is 1. The second-order valence-electron chi connectivity index (χ2n) is 6.33. The Labute approximate surface area is 144 Å². The zero-order valence-corrected chi connectivity index (χ0v) is 13.8. The summed E-state index contributed by atoms with van der Waals surface area (Å²) in [4.78, 5) is 38.3. The second-order valence-corrected chi connectivity index (χ2v) is 6.33. The second kappa shape index (κ2) is 6.54. The van der Waals surface area contributed by atoms with Crippen molar-refractivity contribution in [2.24, 2.45) is 0 Å². The molecule has 3 aromatic heterocycles. The lowest BCUT2D eigenvalue weighted by molar-refractivity contribution is -0.135. The van der Waals surface area contributed by atoms with Crippen molar-refractivity contribution in [2.75, 3.05) is 6.54 Å². The third kappa shape index (κ3) is 3.07. The van der Waals surface area contributed by atoms with Gasteiger partial charge < -0.3 is 14.5 Å². The fourth-order valence-electron chi connectivity index (χ4n) is 3.46. The van der Waals surface area contributed by atoms with E-state index in [0.29, 0.717) is 18.7 Å². The van der Waals surface area contributed by atoms with E-state index in [2.05, 4.69) is 15.0 Å². The summed E-state index contributed by atoms with van der Waals surface area (Å²) in [6.45, 7) is 1.33. The summed E-state index contributed by atoms with van der Waals surface area (Å²) >= 11 is 0. The summed E-state index contributed by atoms with van der Waals surface area (Å²) in [5.41, 5.74) is 0.636. The third-order valence-corrected chi connectivity index (χ3v) is 4.74. The molecule has 4 heterocycles. The molecule has 0 saturated carbocycles. The Hall–Kier alpha value is -2.90. The minimum absolute atomic E-state index is 0.0987. The Balaban J connectivity index is 1.57. The van der Waals surface area contributed by atoms with Crippen LogP contribution in [0.3, 0.4) is 0 Å². The number of piperidine rings is 1. The molecule has 1 fully saturated rings. The van der Waals surface area contributed by atoms with Crippen molar-refractivity contribution in [3.05, 3.63) is 53.2 Å². The van der Waals surface area contributed by atoms with Gasteiger partial charge in [-0.25, -0.2) is 9.97 Å². The van der Waals surface area contributed by atoms with E-state index in [1.807, 2.05) is 15.7 Å². The molecule has 0 aromatic carbocycles. The molecule has 1 amide bonds. The summed E-state index contributed by atoms with van der Waals surface area (Å²) in [5.74, 6) is 0.612. The molecular formula is C17H20N6O2. The smallest absolute Gasteiger partial charge is 0.259 e. The molecule has 1 aliphatic rings. The molecule has 0 spiro atoms. The van der Waals surface area contributed by atoms with Crippen molar-refractivity contribution in [3.63, 3.8) is 0 Å². The Kier molecular flexibility index (Phi) is 4.09. The molecule has 0 unspecified atom stereocenters. The number of H-pyrrole nitrogens is 1. The van der Waals surface area contributed by atoms with Crippen LogP contribution in [0.1, 0.15) is 37.4 Å². The first-order valence-corrected chi connectivity index (χ1v) is 8.54. The largest absolute Gasteiger partial charge is 0.337 e. The number of hydrogen-bond acceptors (Lipinski definition) is 4. The maximum Gasteiger partial charge on any atom is 0.259 e. The van der Waals surface area contributed by atoms with Crippen LogP contribution in [0, 0.1) is 0 Å². The summed E-state index contributed by atoms with van der Waals surface area (Å²) in [5, 5.41) is 0. The van der Waals surface area contributed by atoms with Crippen molar-refractivity contribution >= 4 is 11.7 Å². The number of hydrogen-bond donors (Lipinski definition) is 1. The Bertz CT molecular complexity index is 926. The van der Waals surface area contributed by atoms with Crippen LogP contribution in [0.2, 0.25) is 0 Å². The number of likely N-dealkylation sites (tertiary alicyclic amines) is 1. The number of aromatic nitrogens is 5. The van der Waals surface area contributed by atoms with Crippen molar-refractivity contribution in [2.45, 2.75) is 38.3 Å². The lowest BCUT2D eigenvalue weighted by Crippen LogP contribution is -2.39. The van der Waals surface area contributed by atoms with E-state index in [1.54, 1.807) is 31.0 Å². The molecule has 8 heteroatoms. The predicted octanol–water partition coefficient (Wildman–Crippen LogP) is 1.36. The highest BCUT2D eigenvalue weighted by atomic mass is 16.2. The van der Waals surface area contributed by atoms with E-state index in [4.69, 9.17) is 0 Å². The number of nitrogens with zero attached hydrogens (tertiary/aromatic N) is 5. The van der Waals surface area contributed by atoms with Gasteiger partial charge in [-0.15, -0.1) is 0 Å². The zero-order valence-electron chi connectivity index (χ0n) is 13.8. The van der Waals surface area contributed by atoms with Gasteiger partial charge in [0.1, 0.15) is 0 Å².